The highest BCUT2D eigenvalue weighted by molar-refractivity contribution is 7.99. The van der Waals surface area contributed by atoms with E-state index in [0.29, 0.717) is 27.8 Å². The molecule has 1 saturated carbocycles. The molecule has 0 saturated heterocycles. The Morgan fingerprint density at radius 1 is 1.12 bits per heavy atom. The molecule has 1 aliphatic carbocycles. The van der Waals surface area contributed by atoms with Gasteiger partial charge in [-0.3, -0.25) is 0 Å². The lowest BCUT2D eigenvalue weighted by atomic mass is 9.96. The maximum Gasteiger partial charge on any atom is 0.288 e. The van der Waals surface area contributed by atoms with Crippen LogP contribution in [0.3, 0.4) is 0 Å². The third kappa shape index (κ3) is 5.15. The maximum atomic E-state index is 12.3. The van der Waals surface area contributed by atoms with E-state index in [1.165, 1.54) is 19.3 Å². The number of nitrogens with zero attached hydrogens (tertiary/aromatic N) is 2. The summed E-state index contributed by atoms with van der Waals surface area (Å²) in [5, 5.41) is 11.1. The second kappa shape index (κ2) is 8.62. The molecule has 0 bridgehead atoms. The molecule has 1 heterocycles. The van der Waals surface area contributed by atoms with Gasteiger partial charge in [0.1, 0.15) is 5.82 Å². The van der Waals surface area contributed by atoms with Crippen LogP contribution >= 0.6 is 24.0 Å². The van der Waals surface area contributed by atoms with Crippen molar-refractivity contribution >= 4 is 40.6 Å². The Morgan fingerprint density at radius 3 is 2.52 bits per heavy atom. The summed E-state index contributed by atoms with van der Waals surface area (Å²) in [5.74, 6) is -1.55. The lowest BCUT2D eigenvalue weighted by Gasteiger charge is -2.24. The number of alkyl halides is 2. The van der Waals surface area contributed by atoms with Crippen LogP contribution in [0.15, 0.2) is 41.4 Å². The molecule has 0 aliphatic heterocycles. The van der Waals surface area contributed by atoms with Gasteiger partial charge in [-0.1, -0.05) is 31.0 Å². The van der Waals surface area contributed by atoms with Crippen LogP contribution in [0.1, 0.15) is 38.1 Å². The predicted octanol–water partition coefficient (Wildman–Crippen LogP) is 5.51. The van der Waals surface area contributed by atoms with Gasteiger partial charge < -0.3 is 10.6 Å². The molecule has 0 spiro atoms. The van der Waals surface area contributed by atoms with E-state index < -0.39 is 5.76 Å². The second-order valence-corrected chi connectivity index (χ2v) is 7.41. The van der Waals surface area contributed by atoms with E-state index in [4.69, 9.17) is 12.2 Å². The first-order valence-corrected chi connectivity index (χ1v) is 9.57. The standard InChI is InChI=1S/C17H20F2N4S2/c18-16(19)25-14-8-6-12(7-9-14)21-17(24)22-15-10-11-20-23(15)13-4-2-1-3-5-13/h6-11,13,16H,1-5H2,(H2,21,22,24). The van der Waals surface area contributed by atoms with Crippen molar-refractivity contribution in [3.05, 3.63) is 36.5 Å². The van der Waals surface area contributed by atoms with E-state index in [0.717, 1.165) is 24.3 Å². The smallest absolute Gasteiger partial charge is 0.288 e. The van der Waals surface area contributed by atoms with Crippen molar-refractivity contribution in [1.82, 2.24) is 9.78 Å². The Kier molecular flexibility index (Phi) is 6.25. The van der Waals surface area contributed by atoms with Crippen LogP contribution in [0, 0.1) is 0 Å². The summed E-state index contributed by atoms with van der Waals surface area (Å²) in [6, 6.07) is 9.08. The SMILES string of the molecule is FC(F)Sc1ccc(NC(=S)Nc2ccnn2C2CCCCC2)cc1. The molecule has 8 heteroatoms. The number of anilines is 2. The van der Waals surface area contributed by atoms with Crippen LogP contribution in [-0.2, 0) is 0 Å². The van der Waals surface area contributed by atoms with Crippen LogP contribution in [0.4, 0.5) is 20.3 Å². The molecule has 0 amide bonds. The number of nitrogens with one attached hydrogen (secondary N) is 2. The maximum absolute atomic E-state index is 12.3. The van der Waals surface area contributed by atoms with Crippen LogP contribution in [-0.4, -0.2) is 20.7 Å². The quantitative estimate of drug-likeness (QED) is 0.527. The van der Waals surface area contributed by atoms with Gasteiger partial charge in [-0.25, -0.2) is 4.68 Å². The zero-order chi connectivity index (χ0) is 17.6. The van der Waals surface area contributed by atoms with E-state index in [1.54, 1.807) is 30.5 Å². The summed E-state index contributed by atoms with van der Waals surface area (Å²) < 4.78 is 26.7. The highest BCUT2D eigenvalue weighted by Gasteiger charge is 2.18. The van der Waals surface area contributed by atoms with Crippen molar-refractivity contribution in [1.29, 1.82) is 0 Å². The minimum absolute atomic E-state index is 0.416. The van der Waals surface area contributed by atoms with Gasteiger partial charge in [-0.05, 0) is 49.3 Å². The summed E-state index contributed by atoms with van der Waals surface area (Å²) in [5.41, 5.74) is 0.750. The van der Waals surface area contributed by atoms with Gasteiger partial charge in [0.25, 0.3) is 5.76 Å². The summed E-state index contributed by atoms with van der Waals surface area (Å²) in [6.07, 6.45) is 7.81. The molecule has 4 nitrogen and oxygen atoms in total. The Bertz CT molecular complexity index is 697. The second-order valence-electron chi connectivity index (χ2n) is 5.93. The van der Waals surface area contributed by atoms with Crippen molar-refractivity contribution in [2.24, 2.45) is 0 Å². The van der Waals surface area contributed by atoms with Gasteiger partial charge in [0, 0.05) is 16.6 Å². The lowest BCUT2D eigenvalue weighted by Crippen LogP contribution is -2.23. The van der Waals surface area contributed by atoms with Crippen LogP contribution in [0.2, 0.25) is 0 Å². The molecule has 3 rings (SSSR count). The minimum atomic E-state index is -2.42. The summed E-state index contributed by atoms with van der Waals surface area (Å²) in [4.78, 5) is 0.523. The Hall–Kier alpha value is -1.67. The molecule has 2 aromatic rings. The molecule has 1 aromatic heterocycles. The topological polar surface area (TPSA) is 41.9 Å². The summed E-state index contributed by atoms with van der Waals surface area (Å²) in [6.45, 7) is 0. The van der Waals surface area contributed by atoms with Gasteiger partial charge in [-0.15, -0.1) is 0 Å². The van der Waals surface area contributed by atoms with E-state index in [-0.39, 0.29) is 0 Å². The Labute approximate surface area is 155 Å². The molecule has 1 fully saturated rings. The fourth-order valence-corrected chi connectivity index (χ4v) is 3.75. The zero-order valence-corrected chi connectivity index (χ0v) is 15.3. The molecule has 134 valence electrons. The molecule has 0 atom stereocenters. The number of hydrogen-bond acceptors (Lipinski definition) is 3. The molecule has 1 aromatic carbocycles. The predicted molar refractivity (Wildman–Crippen MR) is 102 cm³/mol. The number of benzene rings is 1. The molecule has 2 N–H and O–H groups in total. The molecule has 0 radical (unpaired) electrons. The normalized spacial score (nSPS) is 15.3. The van der Waals surface area contributed by atoms with E-state index in [1.807, 2.05) is 10.7 Å². The van der Waals surface area contributed by atoms with Crippen molar-refractivity contribution in [3.63, 3.8) is 0 Å². The molecule has 0 unspecified atom stereocenters. The number of hydrogen-bond donors (Lipinski definition) is 2. The van der Waals surface area contributed by atoms with Crippen LogP contribution in [0.5, 0.6) is 0 Å². The number of thiocarbonyl (C=S) groups is 1. The first-order chi connectivity index (χ1) is 12.1. The van der Waals surface area contributed by atoms with Gasteiger partial charge in [-0.2, -0.15) is 13.9 Å². The Balaban J connectivity index is 1.58. The van der Waals surface area contributed by atoms with Gasteiger partial charge >= 0.3 is 0 Å². The monoisotopic (exact) mass is 382 g/mol. The third-order valence-electron chi connectivity index (χ3n) is 4.17. The first-order valence-electron chi connectivity index (χ1n) is 8.28. The Morgan fingerprint density at radius 2 is 1.84 bits per heavy atom. The number of halogens is 2. The summed E-state index contributed by atoms with van der Waals surface area (Å²) in [7, 11) is 0. The van der Waals surface area contributed by atoms with E-state index in [9.17, 15) is 8.78 Å². The van der Waals surface area contributed by atoms with E-state index in [2.05, 4.69) is 15.7 Å². The minimum Gasteiger partial charge on any atom is -0.332 e. The number of rotatable bonds is 5. The number of thioether (sulfide) groups is 1. The molecular formula is C17H20F2N4S2. The van der Waals surface area contributed by atoms with E-state index >= 15 is 0 Å². The molecular weight excluding hydrogens is 362 g/mol. The highest BCUT2D eigenvalue weighted by Crippen LogP contribution is 2.30. The third-order valence-corrected chi connectivity index (χ3v) is 5.10. The zero-order valence-electron chi connectivity index (χ0n) is 13.6. The molecule has 1 aliphatic rings. The van der Waals surface area contributed by atoms with Crippen molar-refractivity contribution < 1.29 is 8.78 Å². The van der Waals surface area contributed by atoms with Crippen molar-refractivity contribution in [2.75, 3.05) is 10.6 Å². The fraction of sp³-hybridized carbons (Fsp3) is 0.412. The van der Waals surface area contributed by atoms with Crippen LogP contribution < -0.4 is 10.6 Å². The van der Waals surface area contributed by atoms with Crippen LogP contribution in [0.25, 0.3) is 0 Å². The average Bonchev–Trinajstić information content (AvgIpc) is 3.05. The van der Waals surface area contributed by atoms with Gasteiger partial charge in [0.15, 0.2) is 5.11 Å². The average molecular weight is 383 g/mol. The first kappa shape index (κ1) is 18.1. The fourth-order valence-electron chi connectivity index (χ4n) is 3.03. The van der Waals surface area contributed by atoms with Crippen molar-refractivity contribution in [3.8, 4) is 0 Å². The summed E-state index contributed by atoms with van der Waals surface area (Å²) >= 11 is 5.89. The van der Waals surface area contributed by atoms with Crippen molar-refractivity contribution in [2.45, 2.75) is 48.8 Å². The number of aromatic nitrogens is 2. The van der Waals surface area contributed by atoms with Gasteiger partial charge in [0.2, 0.25) is 0 Å². The largest absolute Gasteiger partial charge is 0.332 e. The highest BCUT2D eigenvalue weighted by atomic mass is 32.2. The molecule has 25 heavy (non-hydrogen) atoms. The lowest BCUT2D eigenvalue weighted by molar-refractivity contribution is 0.252. The van der Waals surface area contributed by atoms with Gasteiger partial charge in [0.05, 0.1) is 12.2 Å².